The van der Waals surface area contributed by atoms with Crippen molar-refractivity contribution in [2.75, 3.05) is 53.6 Å². The van der Waals surface area contributed by atoms with Gasteiger partial charge in [-0.1, -0.05) is 18.2 Å². The number of amides is 1. The van der Waals surface area contributed by atoms with Gasteiger partial charge in [-0.15, -0.1) is 0 Å². The van der Waals surface area contributed by atoms with Crippen molar-refractivity contribution < 1.29 is 33.3 Å². The van der Waals surface area contributed by atoms with Gasteiger partial charge in [-0.25, -0.2) is 19.1 Å². The monoisotopic (exact) mass is 564 g/mol. The maximum Gasteiger partial charge on any atom is 0.410 e. The highest BCUT2D eigenvalue weighted by Crippen LogP contribution is 2.30. The van der Waals surface area contributed by atoms with Gasteiger partial charge in [0.25, 0.3) is 0 Å². The molecular formula is C30H36N4O7. The van der Waals surface area contributed by atoms with Crippen LogP contribution in [0.3, 0.4) is 0 Å². The molecule has 11 nitrogen and oxygen atoms in total. The molecule has 11 heteroatoms. The van der Waals surface area contributed by atoms with E-state index in [2.05, 4.69) is 10.00 Å². The molecule has 0 radical (unpaired) electrons. The summed E-state index contributed by atoms with van der Waals surface area (Å²) >= 11 is 0. The highest BCUT2D eigenvalue weighted by molar-refractivity contribution is 6.06. The topological polar surface area (TPSA) is 112 Å². The van der Waals surface area contributed by atoms with Crippen molar-refractivity contribution in [3.05, 3.63) is 65.9 Å². The van der Waals surface area contributed by atoms with E-state index in [0.29, 0.717) is 43.2 Å². The van der Waals surface area contributed by atoms with Crippen LogP contribution in [0.4, 0.5) is 4.79 Å². The predicted octanol–water partition coefficient (Wildman–Crippen LogP) is 4.04. The Morgan fingerprint density at radius 1 is 0.854 bits per heavy atom. The molecule has 0 bridgehead atoms. The van der Waals surface area contributed by atoms with Crippen molar-refractivity contribution in [3.8, 4) is 22.7 Å². The lowest BCUT2D eigenvalue weighted by Gasteiger charge is -2.35. The van der Waals surface area contributed by atoms with Crippen LogP contribution >= 0.6 is 0 Å². The van der Waals surface area contributed by atoms with Gasteiger partial charge in [-0.2, -0.15) is 5.10 Å². The number of hydrogen-bond donors (Lipinski definition) is 0. The van der Waals surface area contributed by atoms with Crippen molar-refractivity contribution in [3.63, 3.8) is 0 Å². The minimum atomic E-state index is -0.708. The van der Waals surface area contributed by atoms with E-state index in [1.165, 1.54) is 18.9 Å². The van der Waals surface area contributed by atoms with Crippen molar-refractivity contribution in [2.45, 2.75) is 26.4 Å². The van der Waals surface area contributed by atoms with E-state index < -0.39 is 17.5 Å². The summed E-state index contributed by atoms with van der Waals surface area (Å²) in [5.74, 6) is -0.758. The summed E-state index contributed by atoms with van der Waals surface area (Å²) < 4.78 is 22.8. The maximum absolute atomic E-state index is 12.8. The lowest BCUT2D eigenvalue weighted by molar-refractivity contribution is 0.0136. The number of benzene rings is 2. The van der Waals surface area contributed by atoms with Crippen LogP contribution in [0, 0.1) is 0 Å². The van der Waals surface area contributed by atoms with Gasteiger partial charge >= 0.3 is 18.0 Å². The fourth-order valence-corrected chi connectivity index (χ4v) is 4.44. The zero-order valence-corrected chi connectivity index (χ0v) is 24.1. The smallest absolute Gasteiger partial charge is 0.410 e. The molecule has 0 aliphatic carbocycles. The molecule has 218 valence electrons. The minimum absolute atomic E-state index is 0.0161. The number of methoxy groups -OCH3 is 2. The molecule has 2 heterocycles. The number of nitrogens with zero attached hydrogens (tertiary/aromatic N) is 4. The van der Waals surface area contributed by atoms with E-state index in [1.54, 1.807) is 41.3 Å². The summed E-state index contributed by atoms with van der Waals surface area (Å²) in [6.45, 7) is 9.45. The average molecular weight is 565 g/mol. The number of hydrogen-bond acceptors (Lipinski definition) is 9. The summed E-state index contributed by atoms with van der Waals surface area (Å²) in [5.41, 5.74) is 0.974. The van der Waals surface area contributed by atoms with Crippen LogP contribution in [-0.2, 0) is 14.2 Å². The normalized spacial score (nSPS) is 13.9. The van der Waals surface area contributed by atoms with Gasteiger partial charge in [-0.05, 0) is 57.2 Å². The van der Waals surface area contributed by atoms with Gasteiger partial charge in [0.15, 0.2) is 5.69 Å². The second kappa shape index (κ2) is 12.9. The molecular weight excluding hydrogens is 528 g/mol. The van der Waals surface area contributed by atoms with Gasteiger partial charge < -0.3 is 23.8 Å². The zero-order chi connectivity index (χ0) is 29.6. The Morgan fingerprint density at radius 2 is 1.49 bits per heavy atom. The highest BCUT2D eigenvalue weighted by atomic mass is 16.6. The van der Waals surface area contributed by atoms with Crippen molar-refractivity contribution in [1.82, 2.24) is 19.6 Å². The van der Waals surface area contributed by atoms with E-state index in [0.717, 1.165) is 13.1 Å². The molecule has 0 atom stereocenters. The summed E-state index contributed by atoms with van der Waals surface area (Å²) in [5, 5.41) is 4.61. The number of para-hydroxylation sites is 1. The number of piperazine rings is 1. The van der Waals surface area contributed by atoms with Gasteiger partial charge in [-0.3, -0.25) is 4.90 Å². The van der Waals surface area contributed by atoms with Crippen molar-refractivity contribution in [2.24, 2.45) is 0 Å². The first-order chi connectivity index (χ1) is 19.6. The van der Waals surface area contributed by atoms with E-state index >= 15 is 0 Å². The largest absolute Gasteiger partial charge is 0.492 e. The summed E-state index contributed by atoms with van der Waals surface area (Å²) in [6, 6.07) is 16.1. The number of esters is 2. The molecule has 4 rings (SSSR count). The standard InChI is InChI=1S/C30H36N4O7/c1-30(2,3)41-29(37)33-17-15-32(16-18-33)19-20-40-23-13-11-21(12-14-23)25-24(27(35)38-4)26(28(36)39-5)34(31-25)22-9-7-6-8-10-22/h6-14H,15-20H2,1-5H3. The number of carbonyl (C=O) groups excluding carboxylic acids is 3. The Bertz CT molecular complexity index is 1360. The van der Waals surface area contributed by atoms with E-state index in [1.807, 2.05) is 39.0 Å². The highest BCUT2D eigenvalue weighted by Gasteiger charge is 2.31. The summed E-state index contributed by atoms with van der Waals surface area (Å²) in [7, 11) is 2.50. The molecule has 3 aromatic rings. The Kier molecular flexibility index (Phi) is 9.28. The molecule has 2 aromatic carbocycles. The molecule has 1 aliphatic rings. The quantitative estimate of drug-likeness (QED) is 0.295. The maximum atomic E-state index is 12.8. The van der Waals surface area contributed by atoms with Crippen LogP contribution in [-0.4, -0.2) is 96.8 Å². The van der Waals surface area contributed by atoms with Crippen LogP contribution in [0.25, 0.3) is 16.9 Å². The SMILES string of the molecule is COC(=O)c1c(-c2ccc(OCCN3CCN(C(=O)OC(C)(C)C)CC3)cc2)nn(-c2ccccc2)c1C(=O)OC. The molecule has 0 N–H and O–H groups in total. The Labute approximate surface area is 239 Å². The van der Waals surface area contributed by atoms with Gasteiger partial charge in [0, 0.05) is 38.3 Å². The van der Waals surface area contributed by atoms with Crippen LogP contribution in [0.2, 0.25) is 0 Å². The molecule has 1 aromatic heterocycles. The molecule has 1 amide bonds. The summed E-state index contributed by atoms with van der Waals surface area (Å²) in [6.07, 6.45) is -0.281. The number of aromatic nitrogens is 2. The lowest BCUT2D eigenvalue weighted by Crippen LogP contribution is -2.50. The first kappa shape index (κ1) is 29.6. The average Bonchev–Trinajstić information content (AvgIpc) is 3.37. The first-order valence-corrected chi connectivity index (χ1v) is 13.4. The molecule has 41 heavy (non-hydrogen) atoms. The number of ether oxygens (including phenoxy) is 4. The Balaban J connectivity index is 1.43. The number of carbonyl (C=O) groups is 3. The van der Waals surface area contributed by atoms with Crippen molar-refractivity contribution >= 4 is 18.0 Å². The zero-order valence-electron chi connectivity index (χ0n) is 24.1. The molecule has 1 saturated heterocycles. The Hall–Kier alpha value is -4.38. The van der Waals surface area contributed by atoms with Crippen LogP contribution in [0.15, 0.2) is 54.6 Å². The van der Waals surface area contributed by atoms with Crippen LogP contribution < -0.4 is 4.74 Å². The second-order valence-corrected chi connectivity index (χ2v) is 10.5. The van der Waals surface area contributed by atoms with E-state index in [-0.39, 0.29) is 23.0 Å². The second-order valence-electron chi connectivity index (χ2n) is 10.5. The van der Waals surface area contributed by atoms with Gasteiger partial charge in [0.05, 0.1) is 19.9 Å². The Morgan fingerprint density at radius 3 is 2.07 bits per heavy atom. The van der Waals surface area contributed by atoms with Gasteiger partial charge in [0.2, 0.25) is 0 Å². The molecule has 0 unspecified atom stereocenters. The third-order valence-electron chi connectivity index (χ3n) is 6.48. The fourth-order valence-electron chi connectivity index (χ4n) is 4.44. The van der Waals surface area contributed by atoms with Crippen molar-refractivity contribution in [1.29, 1.82) is 0 Å². The molecule has 1 aliphatic heterocycles. The molecule has 0 saturated carbocycles. The predicted molar refractivity (Wildman–Crippen MR) is 151 cm³/mol. The fraction of sp³-hybridized carbons (Fsp3) is 0.400. The van der Waals surface area contributed by atoms with Crippen LogP contribution in [0.1, 0.15) is 41.6 Å². The number of rotatable bonds is 8. The lowest BCUT2D eigenvalue weighted by atomic mass is 10.1. The molecule has 0 spiro atoms. The van der Waals surface area contributed by atoms with Crippen LogP contribution in [0.5, 0.6) is 5.75 Å². The molecule has 1 fully saturated rings. The first-order valence-electron chi connectivity index (χ1n) is 13.4. The van der Waals surface area contributed by atoms with E-state index in [4.69, 9.17) is 18.9 Å². The van der Waals surface area contributed by atoms with E-state index in [9.17, 15) is 14.4 Å². The third-order valence-corrected chi connectivity index (χ3v) is 6.48. The van der Waals surface area contributed by atoms with Gasteiger partial charge in [0.1, 0.15) is 29.2 Å². The summed E-state index contributed by atoms with van der Waals surface area (Å²) in [4.78, 5) is 41.8. The minimum Gasteiger partial charge on any atom is -0.492 e. The third kappa shape index (κ3) is 7.23.